The molecule has 1 heterocycles. The molecule has 0 radical (unpaired) electrons. The van der Waals surface area contributed by atoms with Crippen LogP contribution >= 0.6 is 0 Å². The van der Waals surface area contributed by atoms with Crippen LogP contribution in [0.3, 0.4) is 0 Å². The third kappa shape index (κ3) is 3.59. The van der Waals surface area contributed by atoms with E-state index in [1.54, 1.807) is 0 Å². The maximum Gasteiger partial charge on any atom is 0.119 e. The van der Waals surface area contributed by atoms with Crippen molar-refractivity contribution in [3.63, 3.8) is 0 Å². The van der Waals surface area contributed by atoms with E-state index >= 15 is 0 Å². The molecule has 3 heteroatoms. The van der Waals surface area contributed by atoms with E-state index in [1.165, 1.54) is 11.1 Å². The van der Waals surface area contributed by atoms with Gasteiger partial charge in [-0.25, -0.2) is 0 Å². The second-order valence-electron chi connectivity index (χ2n) is 5.15. The lowest BCUT2D eigenvalue weighted by Crippen LogP contribution is -2.25. The summed E-state index contributed by atoms with van der Waals surface area (Å²) in [6.45, 7) is 2.59. The molecule has 1 atom stereocenters. The summed E-state index contributed by atoms with van der Waals surface area (Å²) in [6.07, 6.45) is 1.06. The minimum Gasteiger partial charge on any atom is -0.489 e. The van der Waals surface area contributed by atoms with E-state index in [9.17, 15) is 0 Å². The fourth-order valence-electron chi connectivity index (χ4n) is 2.43. The van der Waals surface area contributed by atoms with Crippen LogP contribution in [-0.4, -0.2) is 19.3 Å². The summed E-state index contributed by atoms with van der Waals surface area (Å²) in [5.41, 5.74) is 2.54. The van der Waals surface area contributed by atoms with Gasteiger partial charge in [0, 0.05) is 19.3 Å². The van der Waals surface area contributed by atoms with E-state index in [2.05, 4.69) is 47.0 Å². The van der Waals surface area contributed by atoms with E-state index in [0.29, 0.717) is 12.6 Å². The Morgan fingerprint density at radius 2 is 1.75 bits per heavy atom. The van der Waals surface area contributed by atoms with Gasteiger partial charge in [0.15, 0.2) is 0 Å². The molecule has 1 unspecified atom stereocenters. The summed E-state index contributed by atoms with van der Waals surface area (Å²) in [4.78, 5) is 0. The molecule has 1 saturated heterocycles. The van der Waals surface area contributed by atoms with Crippen molar-refractivity contribution in [1.82, 2.24) is 10.6 Å². The van der Waals surface area contributed by atoms with Crippen molar-refractivity contribution in [2.45, 2.75) is 19.1 Å². The number of rotatable bonds is 5. The van der Waals surface area contributed by atoms with E-state index in [4.69, 9.17) is 4.74 Å². The second-order valence-corrected chi connectivity index (χ2v) is 5.15. The first-order valence-corrected chi connectivity index (χ1v) is 7.10. The molecule has 0 aliphatic carbocycles. The summed E-state index contributed by atoms with van der Waals surface area (Å²) in [5.74, 6) is 0.926. The SMILES string of the molecule is c1ccc(COc2ccc(CC3CNCN3)cc2)cc1. The molecule has 3 rings (SSSR count). The van der Waals surface area contributed by atoms with E-state index in [1.807, 2.05) is 18.2 Å². The predicted molar refractivity (Wildman–Crippen MR) is 80.7 cm³/mol. The standard InChI is InChI=1S/C17H20N2O/c1-2-4-15(5-3-1)12-20-17-8-6-14(7-9-17)10-16-11-18-13-19-16/h1-9,16,18-19H,10-13H2. The normalized spacial score (nSPS) is 18.1. The Hall–Kier alpha value is -1.84. The smallest absolute Gasteiger partial charge is 0.119 e. The van der Waals surface area contributed by atoms with Gasteiger partial charge in [-0.2, -0.15) is 0 Å². The topological polar surface area (TPSA) is 33.3 Å². The number of ether oxygens (including phenoxy) is 1. The largest absolute Gasteiger partial charge is 0.489 e. The molecule has 0 saturated carbocycles. The predicted octanol–water partition coefficient (Wildman–Crippen LogP) is 2.33. The van der Waals surface area contributed by atoms with Gasteiger partial charge >= 0.3 is 0 Å². The van der Waals surface area contributed by atoms with Crippen LogP contribution in [0.4, 0.5) is 0 Å². The monoisotopic (exact) mass is 268 g/mol. The van der Waals surface area contributed by atoms with Crippen LogP contribution in [0.1, 0.15) is 11.1 Å². The first-order valence-electron chi connectivity index (χ1n) is 7.10. The third-order valence-electron chi connectivity index (χ3n) is 3.56. The lowest BCUT2D eigenvalue weighted by Gasteiger charge is -2.10. The minimum atomic E-state index is 0.547. The number of nitrogens with one attached hydrogen (secondary N) is 2. The average molecular weight is 268 g/mol. The van der Waals surface area contributed by atoms with Gasteiger partial charge in [-0.15, -0.1) is 0 Å². The summed E-state index contributed by atoms with van der Waals surface area (Å²) in [6, 6.07) is 19.2. The molecule has 1 aliphatic heterocycles. The van der Waals surface area contributed by atoms with Crippen molar-refractivity contribution in [1.29, 1.82) is 0 Å². The molecule has 3 nitrogen and oxygen atoms in total. The van der Waals surface area contributed by atoms with Gasteiger partial charge in [0.05, 0.1) is 0 Å². The molecule has 2 aromatic rings. The fourth-order valence-corrected chi connectivity index (χ4v) is 2.43. The zero-order valence-electron chi connectivity index (χ0n) is 11.5. The van der Waals surface area contributed by atoms with Crippen LogP contribution in [0.2, 0.25) is 0 Å². The molecule has 104 valence electrons. The zero-order valence-corrected chi connectivity index (χ0v) is 11.5. The summed E-state index contributed by atoms with van der Waals surface area (Å²) < 4.78 is 5.79. The Morgan fingerprint density at radius 3 is 2.45 bits per heavy atom. The van der Waals surface area contributed by atoms with Gasteiger partial charge in [0.25, 0.3) is 0 Å². The molecular weight excluding hydrogens is 248 g/mol. The first kappa shape index (κ1) is 13.2. The van der Waals surface area contributed by atoms with Crippen LogP contribution < -0.4 is 15.4 Å². The van der Waals surface area contributed by atoms with Crippen LogP contribution in [0, 0.1) is 0 Å². The lowest BCUT2D eigenvalue weighted by atomic mass is 10.1. The summed E-state index contributed by atoms with van der Waals surface area (Å²) >= 11 is 0. The van der Waals surface area contributed by atoms with Gasteiger partial charge in [-0.05, 0) is 29.7 Å². The molecular formula is C17H20N2O. The van der Waals surface area contributed by atoms with E-state index in [-0.39, 0.29) is 0 Å². The highest BCUT2D eigenvalue weighted by Crippen LogP contribution is 2.15. The quantitative estimate of drug-likeness (QED) is 0.873. The van der Waals surface area contributed by atoms with Crippen molar-refractivity contribution in [3.05, 3.63) is 65.7 Å². The highest BCUT2D eigenvalue weighted by molar-refractivity contribution is 5.28. The Kier molecular flexibility index (Phi) is 4.31. The van der Waals surface area contributed by atoms with Crippen LogP contribution in [0.5, 0.6) is 5.75 Å². The Balaban J connectivity index is 1.53. The van der Waals surface area contributed by atoms with Gasteiger partial charge in [-0.3, -0.25) is 0 Å². The molecule has 1 aliphatic rings. The van der Waals surface area contributed by atoms with E-state index in [0.717, 1.165) is 25.4 Å². The fraction of sp³-hybridized carbons (Fsp3) is 0.294. The zero-order chi connectivity index (χ0) is 13.6. The summed E-state index contributed by atoms with van der Waals surface area (Å²) in [7, 11) is 0. The third-order valence-corrected chi connectivity index (χ3v) is 3.56. The Morgan fingerprint density at radius 1 is 0.950 bits per heavy atom. The molecule has 1 fully saturated rings. The van der Waals surface area contributed by atoms with Crippen molar-refractivity contribution >= 4 is 0 Å². The van der Waals surface area contributed by atoms with Gasteiger partial charge in [0.1, 0.15) is 12.4 Å². The first-order chi connectivity index (χ1) is 9.90. The molecule has 2 aromatic carbocycles. The molecule has 0 aromatic heterocycles. The molecule has 2 N–H and O–H groups in total. The molecule has 0 bridgehead atoms. The lowest BCUT2D eigenvalue weighted by molar-refractivity contribution is 0.306. The highest BCUT2D eigenvalue weighted by Gasteiger charge is 2.13. The van der Waals surface area contributed by atoms with Gasteiger partial charge in [0.2, 0.25) is 0 Å². The van der Waals surface area contributed by atoms with Gasteiger partial charge < -0.3 is 15.4 Å². The number of benzene rings is 2. The van der Waals surface area contributed by atoms with Crippen molar-refractivity contribution in [3.8, 4) is 5.75 Å². The maximum absolute atomic E-state index is 5.79. The van der Waals surface area contributed by atoms with Crippen LogP contribution in [0.25, 0.3) is 0 Å². The number of hydrogen-bond acceptors (Lipinski definition) is 3. The Labute approximate surface area is 120 Å². The minimum absolute atomic E-state index is 0.547. The molecule has 0 spiro atoms. The van der Waals surface area contributed by atoms with Crippen LogP contribution in [-0.2, 0) is 13.0 Å². The van der Waals surface area contributed by atoms with Gasteiger partial charge in [-0.1, -0.05) is 42.5 Å². The second kappa shape index (κ2) is 6.55. The van der Waals surface area contributed by atoms with E-state index < -0.39 is 0 Å². The maximum atomic E-state index is 5.79. The van der Waals surface area contributed by atoms with Crippen molar-refractivity contribution in [2.75, 3.05) is 13.2 Å². The molecule has 20 heavy (non-hydrogen) atoms. The Bertz CT molecular complexity index is 518. The van der Waals surface area contributed by atoms with Crippen molar-refractivity contribution in [2.24, 2.45) is 0 Å². The van der Waals surface area contributed by atoms with Crippen molar-refractivity contribution < 1.29 is 4.74 Å². The average Bonchev–Trinajstić information content (AvgIpc) is 3.01. The number of hydrogen-bond donors (Lipinski definition) is 2. The van der Waals surface area contributed by atoms with Crippen LogP contribution in [0.15, 0.2) is 54.6 Å². The summed E-state index contributed by atoms with van der Waals surface area (Å²) in [5, 5.41) is 6.73. The highest BCUT2D eigenvalue weighted by atomic mass is 16.5. The molecule has 0 amide bonds.